The van der Waals surface area contributed by atoms with Gasteiger partial charge in [-0.15, -0.1) is 0 Å². The number of ether oxygens (including phenoxy) is 1. The molecule has 1 aromatic rings. The fraction of sp³-hybridized carbons (Fsp3) is 0.500. The van der Waals surface area contributed by atoms with E-state index in [1.807, 2.05) is 32.0 Å². The summed E-state index contributed by atoms with van der Waals surface area (Å²) >= 11 is 0. The van der Waals surface area contributed by atoms with Crippen LogP contribution in [0.5, 0.6) is 5.75 Å². The number of rotatable bonds is 4. The predicted octanol–water partition coefficient (Wildman–Crippen LogP) is 1.86. The summed E-state index contributed by atoms with van der Waals surface area (Å²) in [7, 11) is 2.05. The van der Waals surface area contributed by atoms with Gasteiger partial charge >= 0.3 is 0 Å². The number of aliphatic imine (C=N–C) groups is 1. The van der Waals surface area contributed by atoms with E-state index in [1.54, 1.807) is 0 Å². The minimum absolute atomic E-state index is 0.192. The molecule has 0 fully saturated rings. The lowest BCUT2D eigenvalue weighted by atomic mass is 10.2. The molecule has 0 saturated carbocycles. The van der Waals surface area contributed by atoms with Crippen LogP contribution in [0.2, 0.25) is 0 Å². The van der Waals surface area contributed by atoms with E-state index in [0.29, 0.717) is 0 Å². The quantitative estimate of drug-likeness (QED) is 0.882. The number of hydrogen-bond donors (Lipinski definition) is 1. The van der Waals surface area contributed by atoms with Crippen LogP contribution in [0.4, 0.5) is 0 Å². The summed E-state index contributed by atoms with van der Waals surface area (Å²) in [6, 6.07) is 8.13. The Hall–Kier alpha value is -1.71. The summed E-state index contributed by atoms with van der Waals surface area (Å²) in [5.74, 6) is 1.91. The molecule has 4 nitrogen and oxygen atoms in total. The maximum absolute atomic E-state index is 5.79. The van der Waals surface area contributed by atoms with Crippen LogP contribution in [0.1, 0.15) is 19.4 Å². The maximum Gasteiger partial charge on any atom is 0.194 e. The van der Waals surface area contributed by atoms with E-state index in [-0.39, 0.29) is 6.10 Å². The monoisotopic (exact) mass is 247 g/mol. The average molecular weight is 247 g/mol. The van der Waals surface area contributed by atoms with Gasteiger partial charge < -0.3 is 15.0 Å². The second kappa shape index (κ2) is 5.76. The molecular formula is C14H21N3O. The van der Waals surface area contributed by atoms with E-state index >= 15 is 0 Å². The second-order valence-corrected chi connectivity index (χ2v) is 4.75. The number of guanidine groups is 1. The zero-order valence-electron chi connectivity index (χ0n) is 11.3. The first-order valence-electron chi connectivity index (χ1n) is 6.41. The topological polar surface area (TPSA) is 36.9 Å². The highest BCUT2D eigenvalue weighted by molar-refractivity contribution is 5.81. The van der Waals surface area contributed by atoms with Crippen molar-refractivity contribution in [3.05, 3.63) is 29.8 Å². The zero-order chi connectivity index (χ0) is 13.0. The van der Waals surface area contributed by atoms with Crippen molar-refractivity contribution in [2.45, 2.75) is 26.5 Å². The third-order valence-electron chi connectivity index (χ3n) is 2.83. The molecule has 0 saturated heterocycles. The number of nitrogens with one attached hydrogen (secondary N) is 1. The van der Waals surface area contributed by atoms with Gasteiger partial charge in [-0.25, -0.2) is 0 Å². The largest absolute Gasteiger partial charge is 0.491 e. The molecule has 0 aliphatic carbocycles. The van der Waals surface area contributed by atoms with Crippen molar-refractivity contribution < 1.29 is 4.74 Å². The highest BCUT2D eigenvalue weighted by atomic mass is 16.5. The van der Waals surface area contributed by atoms with Gasteiger partial charge in [0.2, 0.25) is 0 Å². The molecule has 0 bridgehead atoms. The minimum Gasteiger partial charge on any atom is -0.491 e. The first-order chi connectivity index (χ1) is 8.66. The standard InChI is InChI=1S/C14H21N3O/c1-11(2)18-13-7-5-4-6-12(13)10-16-14-15-8-9-17(14)3/h4-7,11H,8-10H2,1-3H3,(H,15,16). The molecule has 0 atom stereocenters. The predicted molar refractivity (Wildman–Crippen MR) is 74.0 cm³/mol. The van der Waals surface area contributed by atoms with Crippen molar-refractivity contribution in [2.75, 3.05) is 20.1 Å². The van der Waals surface area contributed by atoms with Crippen molar-refractivity contribution in [1.82, 2.24) is 10.2 Å². The Labute approximate surface area is 109 Å². The first kappa shape index (κ1) is 12.7. The molecule has 2 rings (SSSR count). The minimum atomic E-state index is 0.192. The lowest BCUT2D eigenvalue weighted by Gasteiger charge is -2.18. The Bertz CT molecular complexity index is 429. The summed E-state index contributed by atoms with van der Waals surface area (Å²) in [4.78, 5) is 6.54. The third-order valence-corrected chi connectivity index (χ3v) is 2.83. The van der Waals surface area contributed by atoms with Gasteiger partial charge in [0, 0.05) is 25.7 Å². The smallest absolute Gasteiger partial charge is 0.194 e. The third kappa shape index (κ3) is 3.15. The number of likely N-dealkylation sites (N-methyl/N-ethyl adjacent to an activating group) is 1. The summed E-state index contributed by atoms with van der Waals surface area (Å²) in [5.41, 5.74) is 1.16. The molecule has 4 heteroatoms. The molecule has 0 aromatic heterocycles. The molecule has 1 aliphatic rings. The van der Waals surface area contributed by atoms with Gasteiger partial charge in [-0.05, 0) is 19.9 Å². The van der Waals surface area contributed by atoms with Gasteiger partial charge in [-0.2, -0.15) is 0 Å². The van der Waals surface area contributed by atoms with Gasteiger partial charge in [-0.1, -0.05) is 18.2 Å². The lowest BCUT2D eigenvalue weighted by Crippen LogP contribution is -2.35. The Morgan fingerprint density at radius 1 is 1.39 bits per heavy atom. The second-order valence-electron chi connectivity index (χ2n) is 4.75. The Morgan fingerprint density at radius 3 is 2.83 bits per heavy atom. The van der Waals surface area contributed by atoms with Crippen LogP contribution in [-0.4, -0.2) is 37.1 Å². The Kier molecular flexibility index (Phi) is 4.07. The molecular weight excluding hydrogens is 226 g/mol. The van der Waals surface area contributed by atoms with Crippen LogP contribution in [0.25, 0.3) is 0 Å². The molecule has 1 heterocycles. The number of para-hydroxylation sites is 1. The van der Waals surface area contributed by atoms with Crippen molar-refractivity contribution in [3.8, 4) is 5.75 Å². The maximum atomic E-state index is 5.79. The van der Waals surface area contributed by atoms with Gasteiger partial charge in [-0.3, -0.25) is 4.99 Å². The molecule has 1 N–H and O–H groups in total. The van der Waals surface area contributed by atoms with Gasteiger partial charge in [0.1, 0.15) is 5.75 Å². The van der Waals surface area contributed by atoms with Crippen LogP contribution in [0.15, 0.2) is 29.3 Å². The first-order valence-corrected chi connectivity index (χ1v) is 6.41. The molecule has 0 radical (unpaired) electrons. The number of nitrogens with zero attached hydrogens (tertiary/aromatic N) is 2. The van der Waals surface area contributed by atoms with E-state index in [0.717, 1.165) is 36.9 Å². The fourth-order valence-electron chi connectivity index (χ4n) is 1.92. The lowest BCUT2D eigenvalue weighted by molar-refractivity contribution is 0.239. The highest BCUT2D eigenvalue weighted by Crippen LogP contribution is 2.19. The molecule has 98 valence electrons. The molecule has 0 unspecified atom stereocenters. The van der Waals surface area contributed by atoms with Crippen LogP contribution in [0.3, 0.4) is 0 Å². The summed E-state index contributed by atoms with van der Waals surface area (Å²) in [6.45, 7) is 6.69. The van der Waals surface area contributed by atoms with Gasteiger partial charge in [0.25, 0.3) is 0 Å². The van der Waals surface area contributed by atoms with E-state index in [9.17, 15) is 0 Å². The Balaban J connectivity index is 2.00. The van der Waals surface area contributed by atoms with E-state index in [2.05, 4.69) is 28.3 Å². The fourth-order valence-corrected chi connectivity index (χ4v) is 1.92. The summed E-state index contributed by atoms with van der Waals surface area (Å²) in [5, 5.41) is 3.36. The van der Waals surface area contributed by atoms with Crippen LogP contribution < -0.4 is 10.1 Å². The number of hydrogen-bond acceptors (Lipinski definition) is 4. The number of benzene rings is 1. The van der Waals surface area contributed by atoms with Gasteiger partial charge in [0.15, 0.2) is 5.96 Å². The molecule has 0 spiro atoms. The molecule has 1 aromatic carbocycles. The Morgan fingerprint density at radius 2 is 2.17 bits per heavy atom. The average Bonchev–Trinajstić information content (AvgIpc) is 2.73. The zero-order valence-corrected chi connectivity index (χ0v) is 11.3. The van der Waals surface area contributed by atoms with Crippen LogP contribution in [0, 0.1) is 0 Å². The van der Waals surface area contributed by atoms with E-state index < -0.39 is 0 Å². The van der Waals surface area contributed by atoms with Crippen molar-refractivity contribution in [3.63, 3.8) is 0 Å². The summed E-state index contributed by atoms with van der Waals surface area (Å²) in [6.07, 6.45) is 0.192. The normalized spacial score (nSPS) is 14.9. The van der Waals surface area contributed by atoms with Crippen LogP contribution in [-0.2, 0) is 6.54 Å². The van der Waals surface area contributed by atoms with Crippen molar-refractivity contribution in [2.24, 2.45) is 4.99 Å². The van der Waals surface area contributed by atoms with Crippen LogP contribution >= 0.6 is 0 Å². The highest BCUT2D eigenvalue weighted by Gasteiger charge is 2.12. The SMILES string of the molecule is CC(C)Oc1ccccc1CNC1=NCCN1C. The van der Waals surface area contributed by atoms with E-state index in [4.69, 9.17) is 4.74 Å². The summed E-state index contributed by atoms with van der Waals surface area (Å²) < 4.78 is 5.79. The van der Waals surface area contributed by atoms with Gasteiger partial charge in [0.05, 0.1) is 12.6 Å². The van der Waals surface area contributed by atoms with Crippen molar-refractivity contribution >= 4 is 5.96 Å². The molecule has 1 aliphatic heterocycles. The van der Waals surface area contributed by atoms with Crippen molar-refractivity contribution in [1.29, 1.82) is 0 Å². The molecule has 18 heavy (non-hydrogen) atoms. The molecule has 0 amide bonds. The van der Waals surface area contributed by atoms with E-state index in [1.165, 1.54) is 0 Å².